The number of halogens is 1. The first-order valence-electron chi connectivity index (χ1n) is 9.22. The second kappa shape index (κ2) is 13.2. The molecular formula is C20H32BFN2O5S2. The Morgan fingerprint density at radius 2 is 0.968 bits per heavy atom. The lowest BCUT2D eigenvalue weighted by Crippen LogP contribution is -2.45. The quantitative estimate of drug-likeness (QED) is 0.484. The molecule has 0 radical (unpaired) electrons. The lowest BCUT2D eigenvalue weighted by molar-refractivity contribution is -0.403. The summed E-state index contributed by atoms with van der Waals surface area (Å²) < 4.78 is 37.8. The fourth-order valence-corrected chi connectivity index (χ4v) is 4.13. The number of rotatable bonds is 5. The molecule has 0 aromatic heterocycles. The van der Waals surface area contributed by atoms with Gasteiger partial charge in [0.1, 0.15) is 19.8 Å². The third kappa shape index (κ3) is 10.1. The Balaban J connectivity index is 0.000000479. The van der Waals surface area contributed by atoms with Crippen LogP contribution in [0.1, 0.15) is 11.1 Å². The predicted molar refractivity (Wildman–Crippen MR) is 122 cm³/mol. The van der Waals surface area contributed by atoms with E-state index in [0.717, 1.165) is 9.79 Å². The summed E-state index contributed by atoms with van der Waals surface area (Å²) in [7, 11) is 0.539. The molecule has 174 valence electrons. The lowest BCUT2D eigenvalue weighted by atomic mass is 10.2. The minimum Gasteiger partial charge on any atom is -0.868 e. The van der Waals surface area contributed by atoms with E-state index < -0.39 is 27.6 Å². The van der Waals surface area contributed by atoms with Crippen LogP contribution in [0.5, 0.6) is 0 Å². The third-order valence-corrected chi connectivity index (χ3v) is 9.46. The summed E-state index contributed by atoms with van der Waals surface area (Å²) in [6, 6.07) is 15.7. The molecule has 2 aromatic carbocycles. The minimum atomic E-state index is -2.78. The highest BCUT2D eigenvalue weighted by Crippen LogP contribution is 2.19. The van der Waals surface area contributed by atoms with Crippen molar-refractivity contribution in [3.8, 4) is 0 Å². The van der Waals surface area contributed by atoms with Crippen molar-refractivity contribution >= 4 is 27.6 Å². The Hall–Kier alpha value is -1.47. The molecule has 0 aliphatic rings. The summed E-state index contributed by atoms with van der Waals surface area (Å²) in [6.07, 6.45) is 3.52. The van der Waals surface area contributed by atoms with Gasteiger partial charge in [-0.15, -0.1) is 8.61 Å². The highest BCUT2D eigenvalue weighted by molar-refractivity contribution is 8.00. The van der Waals surface area contributed by atoms with Gasteiger partial charge in [-0.05, 0) is 38.1 Å². The van der Waals surface area contributed by atoms with E-state index in [1.807, 2.05) is 90.6 Å². The van der Waals surface area contributed by atoms with Crippen LogP contribution in [0.2, 0.25) is 0 Å². The van der Waals surface area contributed by atoms with Crippen molar-refractivity contribution in [2.24, 2.45) is 0 Å². The number of hydrogen-bond acceptors (Lipinski definition) is 5. The van der Waals surface area contributed by atoms with Gasteiger partial charge in [-0.2, -0.15) is 0 Å². The maximum absolute atomic E-state index is 12.1. The molecule has 0 saturated heterocycles. The summed E-state index contributed by atoms with van der Waals surface area (Å²) in [4.78, 5) is 3.92. The number of hydrogen-bond donors (Lipinski definition) is 0. The average Bonchev–Trinajstić information content (AvgIpc) is 2.69. The monoisotopic (exact) mass is 474 g/mol. The van der Waals surface area contributed by atoms with Gasteiger partial charge in [-0.25, -0.2) is 0 Å². The van der Waals surface area contributed by atoms with Gasteiger partial charge in [-0.3, -0.25) is 0 Å². The second-order valence-corrected chi connectivity index (χ2v) is 12.8. The van der Waals surface area contributed by atoms with Crippen LogP contribution in [-0.2, 0) is 33.5 Å². The van der Waals surface area contributed by atoms with Crippen molar-refractivity contribution < 1.29 is 27.9 Å². The maximum Gasteiger partial charge on any atom is 0.187 e. The minimum absolute atomic E-state index is 0.892. The van der Waals surface area contributed by atoms with Crippen molar-refractivity contribution in [3.05, 3.63) is 59.7 Å². The molecule has 2 unspecified atom stereocenters. The molecule has 0 N–H and O–H groups in total. The fraction of sp³-hybridized carbons (Fsp3) is 0.400. The van der Waals surface area contributed by atoms with E-state index in [4.69, 9.17) is 10.0 Å². The normalized spacial score (nSPS) is 14.5. The van der Waals surface area contributed by atoms with Crippen LogP contribution in [0.4, 0.5) is 4.53 Å². The average molecular weight is 474 g/mol. The van der Waals surface area contributed by atoms with E-state index >= 15 is 0 Å². The molecule has 0 aliphatic carbocycles. The van der Waals surface area contributed by atoms with Crippen molar-refractivity contribution in [2.45, 2.75) is 23.6 Å². The molecule has 7 nitrogen and oxygen atoms in total. The Bertz CT molecular complexity index is 809. The van der Waals surface area contributed by atoms with E-state index in [1.165, 1.54) is 11.1 Å². The van der Waals surface area contributed by atoms with Crippen LogP contribution in [0.3, 0.4) is 0 Å². The summed E-state index contributed by atoms with van der Waals surface area (Å²) in [6.45, 7) is 4.05. The highest BCUT2D eigenvalue weighted by atomic mass is 32.3. The van der Waals surface area contributed by atoms with Crippen molar-refractivity contribution in [2.75, 3.05) is 40.7 Å². The molecular weight excluding hydrogens is 442 g/mol. The summed E-state index contributed by atoms with van der Waals surface area (Å²) in [5, 5.41) is 17.5. The summed E-state index contributed by atoms with van der Waals surface area (Å²) in [5.41, 5.74) is 2.38. The van der Waals surface area contributed by atoms with Crippen molar-refractivity contribution in [1.82, 2.24) is 8.61 Å². The molecule has 0 fully saturated rings. The molecule has 0 aliphatic heterocycles. The van der Waals surface area contributed by atoms with E-state index in [2.05, 4.69) is 4.86 Å². The standard InChI is InChI=1S/2C10H16NOS.BFO3/c2*1-9-5-7-10(8-6-9)13(4,12)11(2)3;2-5-1(3)4/h2*5-8H,1-4H3;/q2*+1;-2. The molecule has 2 atom stereocenters. The summed E-state index contributed by atoms with van der Waals surface area (Å²) >= 11 is 0. The Morgan fingerprint density at radius 1 is 0.742 bits per heavy atom. The zero-order valence-corrected chi connectivity index (χ0v) is 21.0. The van der Waals surface area contributed by atoms with Gasteiger partial charge in [0.15, 0.2) is 30.0 Å². The number of benzene rings is 2. The maximum atomic E-state index is 12.1. The van der Waals surface area contributed by atoms with Crippen molar-refractivity contribution in [3.63, 3.8) is 0 Å². The fourth-order valence-electron chi connectivity index (χ4n) is 2.00. The van der Waals surface area contributed by atoms with Crippen molar-refractivity contribution in [1.29, 1.82) is 0 Å². The first-order chi connectivity index (χ1) is 14.2. The molecule has 0 bridgehead atoms. The van der Waals surface area contributed by atoms with Crippen LogP contribution in [-0.4, -0.2) is 56.6 Å². The van der Waals surface area contributed by atoms with E-state index in [9.17, 15) is 12.9 Å². The zero-order valence-electron chi connectivity index (χ0n) is 19.3. The van der Waals surface area contributed by atoms with Gasteiger partial charge in [-0.1, -0.05) is 48.3 Å². The van der Waals surface area contributed by atoms with Gasteiger partial charge in [0.25, 0.3) is 0 Å². The van der Waals surface area contributed by atoms with Crippen LogP contribution in [0, 0.1) is 13.8 Å². The topological polar surface area (TPSA) is 96.0 Å². The molecule has 0 spiro atoms. The Labute approximate surface area is 188 Å². The van der Waals surface area contributed by atoms with Crippen LogP contribution < -0.4 is 10.0 Å². The summed E-state index contributed by atoms with van der Waals surface area (Å²) in [5.74, 6) is 0. The largest absolute Gasteiger partial charge is 0.868 e. The van der Waals surface area contributed by atoms with Crippen LogP contribution >= 0.6 is 0 Å². The van der Waals surface area contributed by atoms with Gasteiger partial charge >= 0.3 is 0 Å². The van der Waals surface area contributed by atoms with Gasteiger partial charge in [0.2, 0.25) is 0 Å². The zero-order chi connectivity index (χ0) is 24.4. The Kier molecular flexibility index (Phi) is 12.5. The molecule has 2 rings (SSSR count). The smallest absolute Gasteiger partial charge is 0.187 e. The van der Waals surface area contributed by atoms with Gasteiger partial charge in [0.05, 0.1) is 0 Å². The second-order valence-electron chi connectivity index (χ2n) is 7.23. The van der Waals surface area contributed by atoms with E-state index in [0.29, 0.717) is 0 Å². The first-order valence-corrected chi connectivity index (χ1v) is 13.1. The molecule has 31 heavy (non-hydrogen) atoms. The SMILES string of the molecule is Cc1ccc([S+](C)(=O)N(C)C)cc1.Cc1ccc([S+](C)(=O)N(C)C)cc1.[O-]B([O-])OF. The third-order valence-electron chi connectivity index (χ3n) is 4.38. The Morgan fingerprint density at radius 3 is 1.13 bits per heavy atom. The highest BCUT2D eigenvalue weighted by Gasteiger charge is 2.28. The molecule has 11 heteroatoms. The van der Waals surface area contributed by atoms with Crippen LogP contribution in [0.15, 0.2) is 58.3 Å². The first kappa shape index (κ1) is 29.5. The van der Waals surface area contributed by atoms with Gasteiger partial charge < -0.3 is 14.9 Å². The lowest BCUT2D eigenvalue weighted by Gasteiger charge is -2.16. The van der Waals surface area contributed by atoms with E-state index in [1.54, 1.807) is 21.1 Å². The molecule has 0 heterocycles. The predicted octanol–water partition coefficient (Wildman–Crippen LogP) is 1.51. The molecule has 0 saturated carbocycles. The number of nitrogens with zero attached hydrogens (tertiary/aromatic N) is 2. The van der Waals surface area contributed by atoms with Gasteiger partial charge in [0, 0.05) is 28.2 Å². The molecule has 0 amide bonds. The van der Waals surface area contributed by atoms with E-state index in [-0.39, 0.29) is 0 Å². The molecule has 2 aromatic rings. The number of aryl methyl sites for hydroxylation is 2. The van der Waals surface area contributed by atoms with Crippen LogP contribution in [0.25, 0.3) is 0 Å².